The summed E-state index contributed by atoms with van der Waals surface area (Å²) in [6.45, 7) is 4.76. The van der Waals surface area contributed by atoms with Gasteiger partial charge in [0, 0.05) is 0 Å². The van der Waals surface area contributed by atoms with E-state index in [1.54, 1.807) is 19.1 Å². The molecule has 0 fully saturated rings. The van der Waals surface area contributed by atoms with E-state index < -0.39 is 26.9 Å². The van der Waals surface area contributed by atoms with Gasteiger partial charge in [0.2, 0.25) is 3.79 Å². The van der Waals surface area contributed by atoms with E-state index in [1.165, 1.54) is 26.0 Å². The van der Waals surface area contributed by atoms with E-state index in [9.17, 15) is 13.0 Å². The van der Waals surface area contributed by atoms with Gasteiger partial charge in [0.15, 0.2) is 5.45 Å². The van der Waals surface area contributed by atoms with Crippen LogP contribution in [0.2, 0.25) is 0 Å². The van der Waals surface area contributed by atoms with Crippen LogP contribution in [0.25, 0.3) is 0 Å². The van der Waals surface area contributed by atoms with Crippen LogP contribution in [0.4, 0.5) is 0 Å². The Morgan fingerprint density at radius 1 is 1.12 bits per heavy atom. The average molecular weight is 437 g/mol. The first-order valence-electron chi connectivity index (χ1n) is 6.84. The van der Waals surface area contributed by atoms with Crippen LogP contribution < -0.4 is 0 Å². The number of sulfonamides is 1. The minimum atomic E-state index is -4.28. The van der Waals surface area contributed by atoms with Gasteiger partial charge in [-0.2, -0.15) is 12.8 Å². The third kappa shape index (κ3) is 5.70. The van der Waals surface area contributed by atoms with E-state index in [0.29, 0.717) is 0 Å². The molecule has 0 heterocycles. The fraction of sp³-hybridized carbons (Fsp3) is 0.462. The van der Waals surface area contributed by atoms with Crippen molar-refractivity contribution < 1.29 is 22.0 Å². The Morgan fingerprint density at radius 2 is 1.58 bits per heavy atom. The second-order valence-electron chi connectivity index (χ2n) is 4.53. The van der Waals surface area contributed by atoms with E-state index in [0.717, 1.165) is 5.56 Å². The van der Waals surface area contributed by atoms with Crippen LogP contribution in [0, 0.1) is 6.92 Å². The maximum Gasteiger partial charge on any atom is 0.380 e. The number of rotatable bonds is 7. The number of hydrogen-bond donors (Lipinski definition) is 0. The first-order valence-corrected chi connectivity index (χ1v) is 11.0. The molecule has 0 atom stereocenters. The highest BCUT2D eigenvalue weighted by Gasteiger charge is 2.46. The SMILES string of the molecule is CCOP(=O)(OCC)C(=NS(=O)(=O)c1ccc(C)cc1)C(Cl)(Cl)Cl. The van der Waals surface area contributed by atoms with Gasteiger partial charge in [0.25, 0.3) is 10.0 Å². The molecule has 0 radical (unpaired) electrons. The van der Waals surface area contributed by atoms with Crippen molar-refractivity contribution in [1.29, 1.82) is 0 Å². The second-order valence-corrected chi connectivity index (χ2v) is 10.4. The summed E-state index contributed by atoms with van der Waals surface area (Å²) in [6, 6.07) is 5.86. The molecule has 24 heavy (non-hydrogen) atoms. The third-order valence-corrected chi connectivity index (χ3v) is 7.15. The van der Waals surface area contributed by atoms with Crippen molar-refractivity contribution in [3.05, 3.63) is 29.8 Å². The molecule has 0 saturated heterocycles. The Morgan fingerprint density at radius 3 is 1.96 bits per heavy atom. The molecule has 0 aromatic heterocycles. The molecule has 136 valence electrons. The van der Waals surface area contributed by atoms with Crippen LogP contribution >= 0.6 is 42.4 Å². The highest BCUT2D eigenvalue weighted by Crippen LogP contribution is 2.56. The summed E-state index contributed by atoms with van der Waals surface area (Å²) < 4.78 is 48.9. The number of alkyl halides is 3. The first-order chi connectivity index (χ1) is 11.0. The minimum Gasteiger partial charge on any atom is -0.305 e. The lowest BCUT2D eigenvalue weighted by Crippen LogP contribution is -2.23. The van der Waals surface area contributed by atoms with E-state index in [-0.39, 0.29) is 18.1 Å². The number of benzene rings is 1. The van der Waals surface area contributed by atoms with Crippen molar-refractivity contribution in [1.82, 2.24) is 0 Å². The van der Waals surface area contributed by atoms with Gasteiger partial charge in [-0.05, 0) is 32.9 Å². The van der Waals surface area contributed by atoms with Crippen LogP contribution in [0.1, 0.15) is 19.4 Å². The van der Waals surface area contributed by atoms with Gasteiger partial charge in [0.05, 0.1) is 18.1 Å². The van der Waals surface area contributed by atoms with Crippen molar-refractivity contribution in [3.8, 4) is 0 Å². The Bertz CT molecular complexity index is 734. The van der Waals surface area contributed by atoms with E-state index in [2.05, 4.69) is 4.40 Å². The monoisotopic (exact) mass is 435 g/mol. The van der Waals surface area contributed by atoms with Crippen LogP contribution in [0.3, 0.4) is 0 Å². The molecule has 1 aromatic carbocycles. The normalized spacial score (nSPS) is 14.0. The summed E-state index contributed by atoms with van der Waals surface area (Å²) in [7, 11) is -8.48. The minimum absolute atomic E-state index is 0.0539. The van der Waals surface area contributed by atoms with Crippen LogP contribution in [-0.2, 0) is 23.6 Å². The maximum atomic E-state index is 12.8. The molecule has 1 rings (SSSR count). The van der Waals surface area contributed by atoms with Gasteiger partial charge in [-0.1, -0.05) is 52.5 Å². The summed E-state index contributed by atoms with van der Waals surface area (Å²) >= 11 is 17.3. The Kier molecular flexibility index (Phi) is 7.75. The molecular formula is C13H17Cl3NO5PS. The second kappa shape index (κ2) is 8.49. The average Bonchev–Trinajstić information content (AvgIpc) is 2.44. The van der Waals surface area contributed by atoms with Crippen molar-refractivity contribution in [3.63, 3.8) is 0 Å². The van der Waals surface area contributed by atoms with Gasteiger partial charge in [0.1, 0.15) is 0 Å². The lowest BCUT2D eigenvalue weighted by atomic mass is 10.2. The topological polar surface area (TPSA) is 82.0 Å². The molecule has 1 aromatic rings. The lowest BCUT2D eigenvalue weighted by Gasteiger charge is -2.22. The van der Waals surface area contributed by atoms with Gasteiger partial charge in [-0.3, -0.25) is 4.57 Å². The van der Waals surface area contributed by atoms with Crippen LogP contribution in [0.5, 0.6) is 0 Å². The smallest absolute Gasteiger partial charge is 0.305 e. The summed E-state index contributed by atoms with van der Waals surface area (Å²) in [5, 5.41) is 0. The molecular weight excluding hydrogens is 420 g/mol. The molecule has 0 spiro atoms. The third-order valence-electron chi connectivity index (χ3n) is 2.64. The fourth-order valence-corrected chi connectivity index (χ4v) is 5.82. The Hall–Kier alpha value is -0.140. The number of halogens is 3. The van der Waals surface area contributed by atoms with Crippen LogP contribution in [0.15, 0.2) is 33.6 Å². The van der Waals surface area contributed by atoms with E-state index in [4.69, 9.17) is 43.9 Å². The summed E-state index contributed by atoms with van der Waals surface area (Å²) in [4.78, 5) is -0.139. The number of hydrogen-bond acceptors (Lipinski definition) is 5. The van der Waals surface area contributed by atoms with E-state index >= 15 is 0 Å². The number of nitrogens with zero attached hydrogens (tertiary/aromatic N) is 1. The quantitative estimate of drug-likeness (QED) is 0.351. The molecule has 0 N–H and O–H groups in total. The zero-order chi connectivity index (χ0) is 18.6. The first kappa shape index (κ1) is 21.9. The van der Waals surface area contributed by atoms with Crippen molar-refractivity contribution in [2.75, 3.05) is 13.2 Å². The molecule has 0 unspecified atom stereocenters. The van der Waals surface area contributed by atoms with Crippen molar-refractivity contribution in [2.24, 2.45) is 4.40 Å². The number of aryl methyl sites for hydroxylation is 1. The maximum absolute atomic E-state index is 12.8. The van der Waals surface area contributed by atoms with Crippen molar-refractivity contribution >= 4 is 57.9 Å². The van der Waals surface area contributed by atoms with E-state index in [1.807, 2.05) is 0 Å². The molecule has 11 heteroatoms. The molecule has 0 aliphatic carbocycles. The fourth-order valence-electron chi connectivity index (χ4n) is 1.63. The molecule has 0 saturated carbocycles. The molecule has 0 amide bonds. The zero-order valence-corrected chi connectivity index (χ0v) is 17.2. The Balaban J connectivity index is 3.52. The van der Waals surface area contributed by atoms with Crippen molar-refractivity contribution in [2.45, 2.75) is 29.5 Å². The predicted octanol–water partition coefficient (Wildman–Crippen LogP) is 4.72. The predicted molar refractivity (Wildman–Crippen MR) is 96.9 cm³/mol. The summed E-state index contributed by atoms with van der Waals surface area (Å²) in [6.07, 6.45) is 0. The highest BCUT2D eigenvalue weighted by atomic mass is 35.6. The molecule has 0 aliphatic rings. The molecule has 6 nitrogen and oxygen atoms in total. The lowest BCUT2D eigenvalue weighted by molar-refractivity contribution is 0.232. The highest BCUT2D eigenvalue weighted by molar-refractivity contribution is 7.91. The Labute approximate surface area is 156 Å². The summed E-state index contributed by atoms with van der Waals surface area (Å²) in [5.41, 5.74) is 0.0538. The largest absolute Gasteiger partial charge is 0.380 e. The zero-order valence-electron chi connectivity index (χ0n) is 13.2. The van der Waals surface area contributed by atoms with Gasteiger partial charge < -0.3 is 9.05 Å². The van der Waals surface area contributed by atoms with Crippen LogP contribution in [-0.4, -0.2) is 30.9 Å². The summed E-state index contributed by atoms with van der Waals surface area (Å²) in [5.74, 6) is 0. The molecule has 0 aliphatic heterocycles. The molecule has 0 bridgehead atoms. The standard InChI is InChI=1S/C13H17Cl3NO5PS/c1-4-21-23(18,22-5-2)12(13(14,15)16)17-24(19,20)11-8-6-10(3)7-9-11/h6-9H,4-5H2,1-3H3. The van der Waals surface area contributed by atoms with Gasteiger partial charge >= 0.3 is 7.60 Å². The van der Waals surface area contributed by atoms with Gasteiger partial charge in [-0.25, -0.2) is 0 Å². The van der Waals surface area contributed by atoms with Gasteiger partial charge in [-0.15, -0.1) is 0 Å².